The maximum Gasteiger partial charge on any atom is 0.103 e. The predicted molar refractivity (Wildman–Crippen MR) is 58.9 cm³/mol. The molecule has 0 bridgehead atoms. The summed E-state index contributed by atoms with van der Waals surface area (Å²) in [5.41, 5.74) is -0.280. The fourth-order valence-electron chi connectivity index (χ4n) is 1.60. The van der Waals surface area contributed by atoms with Crippen LogP contribution in [0, 0.1) is 17.2 Å². The first-order valence-electron chi connectivity index (χ1n) is 5.86. The Labute approximate surface area is 87.7 Å². The quantitative estimate of drug-likeness (QED) is 0.633. The Morgan fingerprint density at radius 2 is 2.14 bits per heavy atom. The van der Waals surface area contributed by atoms with Crippen LogP contribution in [0.5, 0.6) is 0 Å². The molecule has 1 aliphatic carbocycles. The van der Waals surface area contributed by atoms with Crippen molar-refractivity contribution in [2.75, 3.05) is 6.54 Å². The number of hydrogen-bond acceptors (Lipinski definition) is 2. The van der Waals surface area contributed by atoms with Crippen molar-refractivity contribution in [2.45, 2.75) is 57.9 Å². The van der Waals surface area contributed by atoms with Crippen molar-refractivity contribution in [3.63, 3.8) is 0 Å². The van der Waals surface area contributed by atoms with Crippen molar-refractivity contribution in [2.24, 2.45) is 5.92 Å². The first-order chi connectivity index (χ1) is 6.70. The number of unbranched alkanes of at least 4 members (excludes halogenated alkanes) is 2. The van der Waals surface area contributed by atoms with Gasteiger partial charge in [0.1, 0.15) is 5.54 Å². The normalized spacial score (nSPS) is 20.1. The lowest BCUT2D eigenvalue weighted by atomic mass is 9.96. The van der Waals surface area contributed by atoms with Crippen LogP contribution < -0.4 is 5.32 Å². The SMILES string of the molecule is CCCCCC(C)(C#N)NCC1CC1. The third-order valence-corrected chi connectivity index (χ3v) is 3.00. The van der Waals surface area contributed by atoms with Gasteiger partial charge in [-0.2, -0.15) is 5.26 Å². The van der Waals surface area contributed by atoms with Gasteiger partial charge >= 0.3 is 0 Å². The van der Waals surface area contributed by atoms with E-state index in [2.05, 4.69) is 18.3 Å². The number of nitriles is 1. The zero-order chi connectivity index (χ0) is 10.4. The van der Waals surface area contributed by atoms with Crippen LogP contribution in [0.1, 0.15) is 52.4 Å². The Morgan fingerprint density at radius 1 is 1.43 bits per heavy atom. The summed E-state index contributed by atoms with van der Waals surface area (Å²) in [4.78, 5) is 0. The predicted octanol–water partition coefficient (Wildman–Crippen LogP) is 2.85. The number of hydrogen-bond donors (Lipinski definition) is 1. The van der Waals surface area contributed by atoms with E-state index >= 15 is 0 Å². The van der Waals surface area contributed by atoms with E-state index in [0.29, 0.717) is 0 Å². The van der Waals surface area contributed by atoms with Crippen molar-refractivity contribution in [3.8, 4) is 6.07 Å². The summed E-state index contributed by atoms with van der Waals surface area (Å²) in [5, 5.41) is 12.5. The molecule has 1 aliphatic rings. The minimum Gasteiger partial charge on any atom is -0.299 e. The van der Waals surface area contributed by atoms with Crippen LogP contribution in [-0.4, -0.2) is 12.1 Å². The van der Waals surface area contributed by atoms with Crippen LogP contribution in [0.15, 0.2) is 0 Å². The molecule has 14 heavy (non-hydrogen) atoms. The van der Waals surface area contributed by atoms with E-state index in [1.165, 1.54) is 25.7 Å². The van der Waals surface area contributed by atoms with Crippen molar-refractivity contribution in [1.29, 1.82) is 5.26 Å². The largest absolute Gasteiger partial charge is 0.299 e. The highest BCUT2D eigenvalue weighted by Crippen LogP contribution is 2.28. The monoisotopic (exact) mass is 194 g/mol. The molecule has 1 atom stereocenters. The summed E-state index contributed by atoms with van der Waals surface area (Å²) >= 11 is 0. The van der Waals surface area contributed by atoms with Gasteiger partial charge in [0.2, 0.25) is 0 Å². The van der Waals surface area contributed by atoms with Gasteiger partial charge in [-0.25, -0.2) is 0 Å². The lowest BCUT2D eigenvalue weighted by Crippen LogP contribution is -2.42. The van der Waals surface area contributed by atoms with Crippen molar-refractivity contribution >= 4 is 0 Å². The van der Waals surface area contributed by atoms with E-state index in [1.807, 2.05) is 6.92 Å². The summed E-state index contributed by atoms with van der Waals surface area (Å²) < 4.78 is 0. The molecule has 1 fully saturated rings. The molecule has 2 heteroatoms. The number of nitrogens with zero attached hydrogens (tertiary/aromatic N) is 1. The van der Waals surface area contributed by atoms with Gasteiger partial charge in [-0.1, -0.05) is 26.2 Å². The zero-order valence-corrected chi connectivity index (χ0v) is 9.47. The molecule has 0 amide bonds. The van der Waals surface area contributed by atoms with Crippen LogP contribution in [0.25, 0.3) is 0 Å². The average Bonchev–Trinajstić information content (AvgIpc) is 2.99. The summed E-state index contributed by atoms with van der Waals surface area (Å²) in [6.07, 6.45) is 7.32. The first-order valence-corrected chi connectivity index (χ1v) is 5.86. The maximum absolute atomic E-state index is 9.11. The highest BCUT2D eigenvalue weighted by molar-refractivity contribution is 5.04. The lowest BCUT2D eigenvalue weighted by Gasteiger charge is -2.23. The van der Waals surface area contributed by atoms with Crippen LogP contribution in [0.3, 0.4) is 0 Å². The Hall–Kier alpha value is -0.550. The lowest BCUT2D eigenvalue weighted by molar-refractivity contribution is 0.393. The Kier molecular flexibility index (Phi) is 4.41. The van der Waals surface area contributed by atoms with E-state index in [9.17, 15) is 0 Å². The van der Waals surface area contributed by atoms with E-state index < -0.39 is 0 Å². The van der Waals surface area contributed by atoms with Crippen LogP contribution in [-0.2, 0) is 0 Å². The fraction of sp³-hybridized carbons (Fsp3) is 0.917. The number of rotatable bonds is 7. The molecule has 0 radical (unpaired) electrons. The second-order valence-electron chi connectivity index (χ2n) is 4.73. The molecule has 1 saturated carbocycles. The summed E-state index contributed by atoms with van der Waals surface area (Å²) in [5.74, 6) is 0.855. The van der Waals surface area contributed by atoms with Gasteiger partial charge in [0, 0.05) is 0 Å². The second-order valence-corrected chi connectivity index (χ2v) is 4.73. The number of nitrogens with one attached hydrogen (secondary N) is 1. The molecule has 1 rings (SSSR count). The smallest absolute Gasteiger partial charge is 0.103 e. The molecule has 0 aliphatic heterocycles. The zero-order valence-electron chi connectivity index (χ0n) is 9.47. The van der Waals surface area contributed by atoms with Crippen molar-refractivity contribution in [3.05, 3.63) is 0 Å². The third-order valence-electron chi connectivity index (χ3n) is 3.00. The van der Waals surface area contributed by atoms with Crippen LogP contribution in [0.2, 0.25) is 0 Å². The molecular weight excluding hydrogens is 172 g/mol. The molecule has 80 valence electrons. The van der Waals surface area contributed by atoms with E-state index in [1.54, 1.807) is 0 Å². The molecule has 0 spiro atoms. The molecule has 0 aromatic rings. The molecule has 1 N–H and O–H groups in total. The standard InChI is InChI=1S/C12H22N2/c1-3-4-5-8-12(2,10-13)14-9-11-6-7-11/h11,14H,3-9H2,1-2H3. The third kappa shape index (κ3) is 4.11. The fourth-order valence-corrected chi connectivity index (χ4v) is 1.60. The first kappa shape index (κ1) is 11.5. The molecular formula is C12H22N2. The average molecular weight is 194 g/mol. The summed E-state index contributed by atoms with van der Waals surface area (Å²) in [7, 11) is 0. The molecule has 1 unspecified atom stereocenters. The molecule has 0 aromatic heterocycles. The van der Waals surface area contributed by atoms with Crippen molar-refractivity contribution in [1.82, 2.24) is 5.32 Å². The molecule has 0 saturated heterocycles. The van der Waals surface area contributed by atoms with Gasteiger partial charge < -0.3 is 0 Å². The van der Waals surface area contributed by atoms with Gasteiger partial charge in [-0.05, 0) is 38.6 Å². The van der Waals surface area contributed by atoms with E-state index in [4.69, 9.17) is 5.26 Å². The minimum atomic E-state index is -0.280. The topological polar surface area (TPSA) is 35.8 Å². The van der Waals surface area contributed by atoms with Gasteiger partial charge in [0.25, 0.3) is 0 Å². The van der Waals surface area contributed by atoms with Crippen molar-refractivity contribution < 1.29 is 0 Å². The van der Waals surface area contributed by atoms with Gasteiger partial charge in [-0.3, -0.25) is 5.32 Å². The van der Waals surface area contributed by atoms with Gasteiger partial charge in [0.05, 0.1) is 6.07 Å². The summed E-state index contributed by atoms with van der Waals surface area (Å²) in [6.45, 7) is 5.27. The van der Waals surface area contributed by atoms with Gasteiger partial charge in [-0.15, -0.1) is 0 Å². The highest BCUT2D eigenvalue weighted by atomic mass is 15.0. The van der Waals surface area contributed by atoms with Crippen LogP contribution >= 0.6 is 0 Å². The second kappa shape index (κ2) is 5.36. The van der Waals surface area contributed by atoms with E-state index in [-0.39, 0.29) is 5.54 Å². The summed E-state index contributed by atoms with van der Waals surface area (Å²) in [6, 6.07) is 2.41. The van der Waals surface area contributed by atoms with Crippen LogP contribution in [0.4, 0.5) is 0 Å². The maximum atomic E-state index is 9.11. The Morgan fingerprint density at radius 3 is 2.64 bits per heavy atom. The molecule has 0 aromatic carbocycles. The molecule has 0 heterocycles. The molecule has 2 nitrogen and oxygen atoms in total. The van der Waals surface area contributed by atoms with Gasteiger partial charge in [0.15, 0.2) is 0 Å². The Bertz CT molecular complexity index is 203. The van der Waals surface area contributed by atoms with E-state index in [0.717, 1.165) is 25.3 Å². The Balaban J connectivity index is 2.20. The highest BCUT2D eigenvalue weighted by Gasteiger charge is 2.27. The minimum absolute atomic E-state index is 0.280.